The fourth-order valence-corrected chi connectivity index (χ4v) is 5.01. The van der Waals surface area contributed by atoms with Crippen molar-refractivity contribution < 1.29 is 27.1 Å². The van der Waals surface area contributed by atoms with Gasteiger partial charge in [0.1, 0.15) is 39.3 Å². The number of sulfone groups is 1. The van der Waals surface area contributed by atoms with Crippen LogP contribution in [-0.4, -0.2) is 58.8 Å². The fraction of sp³-hybridized carbons (Fsp3) is 0.400. The number of anilines is 1. The van der Waals surface area contributed by atoms with E-state index in [9.17, 15) is 27.1 Å². The van der Waals surface area contributed by atoms with Crippen LogP contribution in [0.15, 0.2) is 29.5 Å². The van der Waals surface area contributed by atoms with Crippen LogP contribution in [0.4, 0.5) is 14.6 Å². The third kappa shape index (κ3) is 4.46. The Morgan fingerprint density at radius 2 is 2.03 bits per heavy atom. The van der Waals surface area contributed by atoms with Crippen molar-refractivity contribution in [2.24, 2.45) is 4.99 Å². The summed E-state index contributed by atoms with van der Waals surface area (Å²) in [5.41, 5.74) is 0.823. The van der Waals surface area contributed by atoms with E-state index in [1.807, 2.05) is 0 Å². The van der Waals surface area contributed by atoms with E-state index in [4.69, 9.17) is 0 Å². The number of hydrogen-bond donors (Lipinski definition) is 3. The topological polar surface area (TPSA) is 134 Å². The molecule has 0 saturated heterocycles. The SMILES string of the molecule is CS(=O)(=O)[C@H]1C[C@@H](O)[C@H](Nc2ncnc3c2C(C(=O)NCc2cc(F)ccc2F)=NC3)C1. The van der Waals surface area contributed by atoms with Crippen molar-refractivity contribution >= 4 is 27.3 Å². The van der Waals surface area contributed by atoms with E-state index >= 15 is 0 Å². The third-order valence-electron chi connectivity index (χ3n) is 5.63. The standard InChI is InChI=1S/C20H21F2N5O4S/c1-32(30,31)12-5-14(16(28)6-12)27-19-17-15(25-9-26-19)8-23-18(17)20(29)24-7-10-4-11(21)2-3-13(10)22/h2-4,9,12,14,16,28H,5-8H2,1H3,(H,24,29)(H,25,26,27)/t12-,14-,16-/m1/s1. The molecule has 4 rings (SSSR count). The molecular weight excluding hydrogens is 444 g/mol. The van der Waals surface area contributed by atoms with Crippen LogP contribution in [-0.2, 0) is 27.7 Å². The molecule has 1 aliphatic carbocycles. The van der Waals surface area contributed by atoms with Crippen LogP contribution >= 0.6 is 0 Å². The lowest BCUT2D eigenvalue weighted by molar-refractivity contribution is -0.114. The smallest absolute Gasteiger partial charge is 0.270 e. The van der Waals surface area contributed by atoms with E-state index in [2.05, 4.69) is 25.6 Å². The minimum Gasteiger partial charge on any atom is -0.391 e. The van der Waals surface area contributed by atoms with E-state index in [-0.39, 0.29) is 43.0 Å². The van der Waals surface area contributed by atoms with E-state index in [1.165, 1.54) is 6.33 Å². The van der Waals surface area contributed by atoms with Gasteiger partial charge in [0, 0.05) is 18.4 Å². The number of nitrogens with one attached hydrogen (secondary N) is 2. The molecule has 170 valence electrons. The van der Waals surface area contributed by atoms with Gasteiger partial charge in [0.2, 0.25) is 0 Å². The summed E-state index contributed by atoms with van der Waals surface area (Å²) in [5, 5.41) is 15.2. The van der Waals surface area contributed by atoms with Crippen LogP contribution in [0.3, 0.4) is 0 Å². The van der Waals surface area contributed by atoms with Gasteiger partial charge in [-0.05, 0) is 31.0 Å². The Balaban J connectivity index is 1.51. The first-order valence-electron chi connectivity index (χ1n) is 9.87. The van der Waals surface area contributed by atoms with Crippen molar-refractivity contribution in [1.29, 1.82) is 0 Å². The van der Waals surface area contributed by atoms with Gasteiger partial charge in [-0.25, -0.2) is 27.2 Å². The number of aromatic nitrogens is 2. The van der Waals surface area contributed by atoms with Crippen molar-refractivity contribution in [3.8, 4) is 0 Å². The van der Waals surface area contributed by atoms with Crippen LogP contribution in [0.2, 0.25) is 0 Å². The Hall–Kier alpha value is -2.99. The molecule has 0 bridgehead atoms. The Labute approximate surface area is 182 Å². The second kappa shape index (κ2) is 8.51. The first kappa shape index (κ1) is 22.2. The van der Waals surface area contributed by atoms with Gasteiger partial charge in [-0.2, -0.15) is 0 Å². The van der Waals surface area contributed by atoms with Crippen molar-refractivity contribution in [3.63, 3.8) is 0 Å². The minimum absolute atomic E-state index is 0.0132. The summed E-state index contributed by atoms with van der Waals surface area (Å²) in [5.74, 6) is -1.65. The molecule has 1 aromatic heterocycles. The van der Waals surface area contributed by atoms with Gasteiger partial charge in [0.05, 0.1) is 35.2 Å². The predicted molar refractivity (Wildman–Crippen MR) is 112 cm³/mol. The Kier molecular flexibility index (Phi) is 5.91. The van der Waals surface area contributed by atoms with Crippen molar-refractivity contribution in [2.45, 2.75) is 43.3 Å². The summed E-state index contributed by atoms with van der Waals surface area (Å²) >= 11 is 0. The average Bonchev–Trinajstić information content (AvgIpc) is 3.33. The zero-order chi connectivity index (χ0) is 23.0. The number of halogens is 2. The average molecular weight is 465 g/mol. The number of hydrogen-bond acceptors (Lipinski definition) is 8. The Bertz CT molecular complexity index is 1200. The van der Waals surface area contributed by atoms with E-state index in [1.54, 1.807) is 0 Å². The Morgan fingerprint density at radius 1 is 1.25 bits per heavy atom. The molecule has 2 heterocycles. The molecule has 0 unspecified atom stereocenters. The maximum atomic E-state index is 13.8. The van der Waals surface area contributed by atoms with Gasteiger partial charge >= 0.3 is 0 Å². The lowest BCUT2D eigenvalue weighted by Gasteiger charge is -2.19. The number of aliphatic hydroxyl groups excluding tert-OH is 1. The van der Waals surface area contributed by atoms with Gasteiger partial charge < -0.3 is 15.7 Å². The summed E-state index contributed by atoms with van der Waals surface area (Å²) in [6.07, 6.45) is 1.80. The molecule has 0 spiro atoms. The first-order chi connectivity index (χ1) is 15.1. The number of aliphatic imine (C=N–C) groups is 1. The zero-order valence-corrected chi connectivity index (χ0v) is 17.9. The molecule has 1 fully saturated rings. The van der Waals surface area contributed by atoms with E-state index < -0.39 is 44.8 Å². The van der Waals surface area contributed by atoms with Crippen LogP contribution in [0, 0.1) is 11.6 Å². The summed E-state index contributed by atoms with van der Waals surface area (Å²) in [7, 11) is -3.31. The maximum Gasteiger partial charge on any atom is 0.270 e. The van der Waals surface area contributed by atoms with Gasteiger partial charge in [-0.1, -0.05) is 0 Å². The van der Waals surface area contributed by atoms with Crippen molar-refractivity contribution in [2.75, 3.05) is 11.6 Å². The molecule has 2 aliphatic rings. The second-order valence-corrected chi connectivity index (χ2v) is 10.2. The highest BCUT2D eigenvalue weighted by molar-refractivity contribution is 7.91. The third-order valence-corrected chi connectivity index (χ3v) is 7.22. The quantitative estimate of drug-likeness (QED) is 0.572. The summed E-state index contributed by atoms with van der Waals surface area (Å²) in [4.78, 5) is 25.2. The van der Waals surface area contributed by atoms with E-state index in [0.717, 1.165) is 24.5 Å². The van der Waals surface area contributed by atoms with Crippen molar-refractivity contribution in [3.05, 3.63) is 53.0 Å². The molecule has 32 heavy (non-hydrogen) atoms. The number of carbonyl (C=O) groups excluding carboxylic acids is 1. The fourth-order valence-electron chi connectivity index (χ4n) is 3.91. The largest absolute Gasteiger partial charge is 0.391 e. The predicted octanol–water partition coefficient (Wildman–Crippen LogP) is 0.722. The molecule has 0 radical (unpaired) electrons. The number of nitrogens with zero attached hydrogens (tertiary/aromatic N) is 3. The maximum absolute atomic E-state index is 13.8. The van der Waals surface area contributed by atoms with Gasteiger partial charge in [-0.15, -0.1) is 0 Å². The molecule has 2 aromatic rings. The summed E-state index contributed by atoms with van der Waals surface area (Å²) in [6.45, 7) is -0.118. The molecule has 3 N–H and O–H groups in total. The highest BCUT2D eigenvalue weighted by Crippen LogP contribution is 2.30. The van der Waals surface area contributed by atoms with Crippen molar-refractivity contribution in [1.82, 2.24) is 15.3 Å². The molecule has 1 saturated carbocycles. The van der Waals surface area contributed by atoms with Crippen LogP contribution in [0.5, 0.6) is 0 Å². The van der Waals surface area contributed by atoms with Gasteiger partial charge in [-0.3, -0.25) is 9.79 Å². The van der Waals surface area contributed by atoms with Crippen LogP contribution < -0.4 is 10.6 Å². The number of benzene rings is 1. The molecule has 1 amide bonds. The number of rotatable bonds is 6. The number of amides is 1. The van der Waals surface area contributed by atoms with E-state index in [0.29, 0.717) is 11.3 Å². The lowest BCUT2D eigenvalue weighted by atomic mass is 10.1. The molecule has 12 heteroatoms. The number of carbonyl (C=O) groups is 1. The zero-order valence-electron chi connectivity index (χ0n) is 17.0. The monoisotopic (exact) mass is 465 g/mol. The second-order valence-electron chi connectivity index (χ2n) is 7.87. The first-order valence-corrected chi connectivity index (χ1v) is 11.8. The molecular formula is C20H21F2N5O4S. The lowest BCUT2D eigenvalue weighted by Crippen LogP contribution is -2.33. The molecule has 1 aromatic carbocycles. The normalized spacial score (nSPS) is 22.4. The number of fused-ring (bicyclic) bond motifs is 1. The summed E-state index contributed by atoms with van der Waals surface area (Å²) in [6, 6.07) is 2.38. The Morgan fingerprint density at radius 3 is 2.75 bits per heavy atom. The number of aliphatic hydroxyl groups is 1. The van der Waals surface area contributed by atoms with Crippen LogP contribution in [0.1, 0.15) is 29.7 Å². The summed E-state index contributed by atoms with van der Waals surface area (Å²) < 4.78 is 50.9. The van der Waals surface area contributed by atoms with Gasteiger partial charge in [0.25, 0.3) is 5.91 Å². The molecule has 1 aliphatic heterocycles. The molecule has 3 atom stereocenters. The minimum atomic E-state index is -3.31. The van der Waals surface area contributed by atoms with Crippen LogP contribution in [0.25, 0.3) is 0 Å². The highest BCUT2D eigenvalue weighted by atomic mass is 32.2. The highest BCUT2D eigenvalue weighted by Gasteiger charge is 2.39. The van der Waals surface area contributed by atoms with Gasteiger partial charge in [0.15, 0.2) is 0 Å². The molecule has 9 nitrogen and oxygen atoms in total.